The number of ether oxygens (including phenoxy) is 2. The Balaban J connectivity index is 2.63. The third-order valence-corrected chi connectivity index (χ3v) is 3.18. The first-order valence-corrected chi connectivity index (χ1v) is 5.85. The molecule has 0 aliphatic rings. The van der Waals surface area contributed by atoms with Crippen LogP contribution in [0, 0.1) is 11.6 Å². The van der Waals surface area contributed by atoms with E-state index in [9.17, 15) is 0 Å². The maximum Gasteiger partial charge on any atom is 0.132 e. The fourth-order valence-electron chi connectivity index (χ4n) is 1.75. The van der Waals surface area contributed by atoms with Crippen LogP contribution >= 0.6 is 12.2 Å². The summed E-state index contributed by atoms with van der Waals surface area (Å²) in [5.41, 5.74) is 2.77. The van der Waals surface area contributed by atoms with Crippen molar-refractivity contribution >= 4 is 12.2 Å². The van der Waals surface area contributed by atoms with E-state index in [1.54, 1.807) is 20.5 Å². The number of rotatable bonds is 3. The smallest absolute Gasteiger partial charge is 0.132 e. The lowest BCUT2D eigenvalue weighted by molar-refractivity contribution is 0.395. The van der Waals surface area contributed by atoms with Crippen LogP contribution in [0.1, 0.15) is 5.56 Å². The van der Waals surface area contributed by atoms with Gasteiger partial charge in [0, 0.05) is 17.2 Å². The molecular weight excluding hydrogens is 248 g/mol. The molecule has 0 bridgehead atoms. The number of methoxy groups -OCH3 is 2. The summed E-state index contributed by atoms with van der Waals surface area (Å²) in [4.78, 5) is 7.16. The zero-order chi connectivity index (χ0) is 13.1. The van der Waals surface area contributed by atoms with Crippen molar-refractivity contribution < 1.29 is 9.47 Å². The van der Waals surface area contributed by atoms with Crippen molar-refractivity contribution in [2.45, 2.75) is 6.92 Å². The highest BCUT2D eigenvalue weighted by Gasteiger charge is 2.11. The van der Waals surface area contributed by atoms with Gasteiger partial charge in [0.15, 0.2) is 0 Å². The second-order valence-corrected chi connectivity index (χ2v) is 4.16. The summed E-state index contributed by atoms with van der Waals surface area (Å²) >= 11 is 5.17. The standard InChI is InChI=1S/C13H14N2O2S/c1-8-12(14-7-15-13(8)18)10-5-4-9(16-2)6-11(10)17-3/h4-7H,1-3H3,(H,14,15,18). The first kappa shape index (κ1) is 12.6. The molecule has 0 saturated carbocycles. The maximum atomic E-state index is 5.38. The summed E-state index contributed by atoms with van der Waals surface area (Å²) in [6.45, 7) is 1.94. The lowest BCUT2D eigenvalue weighted by Crippen LogP contribution is -1.95. The Morgan fingerprint density at radius 3 is 2.67 bits per heavy atom. The third-order valence-electron chi connectivity index (χ3n) is 2.76. The molecule has 0 aliphatic heterocycles. The summed E-state index contributed by atoms with van der Waals surface area (Å²) in [5, 5.41) is 0. The van der Waals surface area contributed by atoms with Gasteiger partial charge in [0.25, 0.3) is 0 Å². The second-order valence-electron chi connectivity index (χ2n) is 3.77. The lowest BCUT2D eigenvalue weighted by Gasteiger charge is -2.12. The second kappa shape index (κ2) is 5.18. The average Bonchev–Trinajstić information content (AvgIpc) is 2.41. The summed E-state index contributed by atoms with van der Waals surface area (Å²) in [5.74, 6) is 1.48. The van der Waals surface area contributed by atoms with Gasteiger partial charge in [-0.25, -0.2) is 4.98 Å². The van der Waals surface area contributed by atoms with Crippen LogP contribution in [-0.2, 0) is 0 Å². The van der Waals surface area contributed by atoms with Crippen molar-refractivity contribution in [3.05, 3.63) is 34.7 Å². The van der Waals surface area contributed by atoms with Crippen molar-refractivity contribution in [3.8, 4) is 22.8 Å². The fourth-order valence-corrected chi connectivity index (χ4v) is 1.91. The molecule has 2 aromatic rings. The SMILES string of the molecule is COc1ccc(-c2[nH]cnc(=S)c2C)c(OC)c1. The predicted molar refractivity (Wildman–Crippen MR) is 72.7 cm³/mol. The molecule has 1 aromatic heterocycles. The Kier molecular flexibility index (Phi) is 3.62. The van der Waals surface area contributed by atoms with Gasteiger partial charge in [0.1, 0.15) is 16.1 Å². The molecule has 2 rings (SSSR count). The van der Waals surface area contributed by atoms with Crippen LogP contribution in [-0.4, -0.2) is 24.2 Å². The van der Waals surface area contributed by atoms with Gasteiger partial charge in [0.2, 0.25) is 0 Å². The van der Waals surface area contributed by atoms with E-state index in [1.165, 1.54) is 0 Å². The zero-order valence-corrected chi connectivity index (χ0v) is 11.3. The van der Waals surface area contributed by atoms with Crippen molar-refractivity contribution in [2.75, 3.05) is 14.2 Å². The van der Waals surface area contributed by atoms with E-state index in [-0.39, 0.29) is 0 Å². The molecule has 0 saturated heterocycles. The Morgan fingerprint density at radius 1 is 1.22 bits per heavy atom. The highest BCUT2D eigenvalue weighted by molar-refractivity contribution is 7.71. The Morgan fingerprint density at radius 2 is 2.00 bits per heavy atom. The number of H-pyrrole nitrogens is 1. The monoisotopic (exact) mass is 262 g/mol. The Bertz CT molecular complexity index is 623. The molecule has 0 radical (unpaired) electrons. The van der Waals surface area contributed by atoms with Crippen LogP contribution in [0.15, 0.2) is 24.5 Å². The van der Waals surface area contributed by atoms with Crippen LogP contribution in [0.4, 0.5) is 0 Å². The molecule has 94 valence electrons. The molecule has 0 fully saturated rings. The van der Waals surface area contributed by atoms with Crippen LogP contribution in [0.2, 0.25) is 0 Å². The van der Waals surface area contributed by atoms with Crippen molar-refractivity contribution in [2.24, 2.45) is 0 Å². The molecule has 1 aromatic carbocycles. The molecule has 0 spiro atoms. The first-order chi connectivity index (χ1) is 8.67. The minimum atomic E-state index is 0.585. The van der Waals surface area contributed by atoms with E-state index in [0.717, 1.165) is 28.3 Å². The summed E-state index contributed by atoms with van der Waals surface area (Å²) in [7, 11) is 3.25. The highest BCUT2D eigenvalue weighted by Crippen LogP contribution is 2.33. The average molecular weight is 262 g/mol. The molecule has 0 aliphatic carbocycles. The molecular formula is C13H14N2O2S. The molecule has 18 heavy (non-hydrogen) atoms. The van der Waals surface area contributed by atoms with Gasteiger partial charge < -0.3 is 14.5 Å². The maximum absolute atomic E-state index is 5.38. The van der Waals surface area contributed by atoms with Crippen LogP contribution in [0.25, 0.3) is 11.3 Å². The molecule has 0 amide bonds. The lowest BCUT2D eigenvalue weighted by atomic mass is 10.1. The zero-order valence-electron chi connectivity index (χ0n) is 10.5. The topological polar surface area (TPSA) is 47.1 Å². The van der Waals surface area contributed by atoms with E-state index in [0.29, 0.717) is 4.64 Å². The molecule has 4 nitrogen and oxygen atoms in total. The summed E-state index contributed by atoms with van der Waals surface area (Å²) in [6.07, 6.45) is 1.59. The number of benzene rings is 1. The van der Waals surface area contributed by atoms with E-state index in [4.69, 9.17) is 21.7 Å². The Labute approximate surface area is 111 Å². The van der Waals surface area contributed by atoms with Gasteiger partial charge in [-0.15, -0.1) is 0 Å². The van der Waals surface area contributed by atoms with Crippen LogP contribution in [0.3, 0.4) is 0 Å². The van der Waals surface area contributed by atoms with E-state index >= 15 is 0 Å². The first-order valence-electron chi connectivity index (χ1n) is 5.44. The van der Waals surface area contributed by atoms with Crippen LogP contribution < -0.4 is 9.47 Å². The van der Waals surface area contributed by atoms with Gasteiger partial charge in [0.05, 0.1) is 26.2 Å². The molecule has 0 unspecified atom stereocenters. The Hall–Kier alpha value is -1.88. The predicted octanol–water partition coefficient (Wildman–Crippen LogP) is 3.13. The number of aromatic amines is 1. The summed E-state index contributed by atoms with van der Waals surface area (Å²) < 4.78 is 11.1. The molecule has 5 heteroatoms. The third kappa shape index (κ3) is 2.22. The van der Waals surface area contributed by atoms with Gasteiger partial charge in [-0.3, -0.25) is 0 Å². The number of hydrogen-bond acceptors (Lipinski definition) is 4. The van der Waals surface area contributed by atoms with Crippen molar-refractivity contribution in [1.29, 1.82) is 0 Å². The van der Waals surface area contributed by atoms with E-state index in [2.05, 4.69) is 9.97 Å². The largest absolute Gasteiger partial charge is 0.497 e. The molecule has 0 atom stereocenters. The van der Waals surface area contributed by atoms with Crippen molar-refractivity contribution in [1.82, 2.24) is 9.97 Å². The molecule has 1 heterocycles. The molecule has 1 N–H and O–H groups in total. The minimum Gasteiger partial charge on any atom is -0.497 e. The van der Waals surface area contributed by atoms with Crippen molar-refractivity contribution in [3.63, 3.8) is 0 Å². The highest BCUT2D eigenvalue weighted by atomic mass is 32.1. The van der Waals surface area contributed by atoms with E-state index < -0.39 is 0 Å². The number of aromatic nitrogens is 2. The van der Waals surface area contributed by atoms with Gasteiger partial charge >= 0.3 is 0 Å². The quantitative estimate of drug-likeness (QED) is 0.863. The number of hydrogen-bond donors (Lipinski definition) is 1. The normalized spacial score (nSPS) is 10.2. The fraction of sp³-hybridized carbons (Fsp3) is 0.231. The van der Waals surface area contributed by atoms with Gasteiger partial charge in [-0.1, -0.05) is 12.2 Å². The number of nitrogens with one attached hydrogen (secondary N) is 1. The van der Waals surface area contributed by atoms with Crippen LogP contribution in [0.5, 0.6) is 11.5 Å². The minimum absolute atomic E-state index is 0.585. The van der Waals surface area contributed by atoms with Gasteiger partial charge in [-0.2, -0.15) is 0 Å². The van der Waals surface area contributed by atoms with Gasteiger partial charge in [-0.05, 0) is 19.1 Å². The summed E-state index contributed by atoms with van der Waals surface area (Å²) in [6, 6.07) is 5.66. The van der Waals surface area contributed by atoms with E-state index in [1.807, 2.05) is 25.1 Å². The number of nitrogens with zero attached hydrogens (tertiary/aromatic N) is 1.